The first-order valence-electron chi connectivity index (χ1n) is 12.8. The van der Waals surface area contributed by atoms with Crippen LogP contribution >= 0.6 is 0 Å². The minimum Gasteiger partial charge on any atom is -0.375 e. The van der Waals surface area contributed by atoms with Gasteiger partial charge in [0.1, 0.15) is 0 Å². The van der Waals surface area contributed by atoms with Crippen molar-refractivity contribution in [3.05, 3.63) is 74.3 Å². The van der Waals surface area contributed by atoms with Crippen molar-refractivity contribution >= 4 is 28.6 Å². The Morgan fingerprint density at radius 3 is 1.85 bits per heavy atom. The molecule has 0 radical (unpaired) electrons. The van der Waals surface area contributed by atoms with E-state index in [9.17, 15) is 9.59 Å². The third kappa shape index (κ3) is 7.75. The van der Waals surface area contributed by atoms with E-state index in [0.717, 1.165) is 17.7 Å². The lowest BCUT2D eigenvalue weighted by atomic mass is 10.1. The normalized spacial score (nSPS) is 11.5. The van der Waals surface area contributed by atoms with E-state index in [1.165, 1.54) is 69.9 Å². The molecule has 2 N–H and O–H groups in total. The summed E-state index contributed by atoms with van der Waals surface area (Å²) in [6.45, 7) is 3.35. The molecule has 0 spiro atoms. The second-order valence-electron chi connectivity index (χ2n) is 9.24. The molecule has 0 saturated heterocycles. The van der Waals surface area contributed by atoms with Crippen LogP contribution in [0.4, 0.5) is 5.69 Å². The number of anilines is 1. The number of aromatic nitrogens is 2. The fourth-order valence-corrected chi connectivity index (χ4v) is 4.30. The molecule has 0 unspecified atom stereocenters. The summed E-state index contributed by atoms with van der Waals surface area (Å²) in [5, 5.41) is 5.52. The van der Waals surface area contributed by atoms with E-state index in [-0.39, 0.29) is 11.1 Å². The summed E-state index contributed by atoms with van der Waals surface area (Å²) >= 11 is 0. The van der Waals surface area contributed by atoms with Gasteiger partial charge in [0.25, 0.3) is 11.1 Å². The van der Waals surface area contributed by atoms with Gasteiger partial charge in [-0.1, -0.05) is 95.1 Å². The highest BCUT2D eigenvalue weighted by molar-refractivity contribution is 5.84. The van der Waals surface area contributed by atoms with Gasteiger partial charge in [0.15, 0.2) is 0 Å². The number of fused-ring (bicyclic) bond motifs is 1. The van der Waals surface area contributed by atoms with Gasteiger partial charge in [0.05, 0.1) is 10.8 Å². The average molecular weight is 462 g/mol. The number of benzene rings is 2. The van der Waals surface area contributed by atoms with Crippen molar-refractivity contribution in [1.29, 1.82) is 0 Å². The van der Waals surface area contributed by atoms with Crippen molar-refractivity contribution < 1.29 is 0 Å². The molecule has 1 heterocycles. The van der Waals surface area contributed by atoms with Gasteiger partial charge in [0, 0.05) is 19.3 Å². The molecule has 3 rings (SSSR count). The van der Waals surface area contributed by atoms with E-state index in [1.54, 1.807) is 12.1 Å². The number of rotatable bonds is 14. The predicted molar refractivity (Wildman–Crippen MR) is 146 cm³/mol. The first kappa shape index (κ1) is 25.5. The van der Waals surface area contributed by atoms with Crippen LogP contribution in [-0.4, -0.2) is 23.8 Å². The molecule has 0 bridgehead atoms. The Morgan fingerprint density at radius 1 is 0.676 bits per heavy atom. The van der Waals surface area contributed by atoms with Crippen LogP contribution in [-0.2, 0) is 0 Å². The maximum Gasteiger partial charge on any atom is 0.270 e. The molecular formula is C29H39N3O2. The van der Waals surface area contributed by atoms with Crippen LogP contribution in [0.2, 0.25) is 0 Å². The molecule has 0 aliphatic heterocycles. The highest BCUT2D eigenvalue weighted by Gasteiger charge is 2.03. The fourth-order valence-electron chi connectivity index (χ4n) is 4.30. The smallest absolute Gasteiger partial charge is 0.270 e. The molecule has 0 saturated carbocycles. The molecule has 3 aromatic rings. The molecular weight excluding hydrogens is 422 g/mol. The van der Waals surface area contributed by atoms with Gasteiger partial charge in [-0.05, 0) is 41.8 Å². The Bertz CT molecular complexity index is 1160. The number of nitrogens with one attached hydrogen (secondary N) is 2. The maximum absolute atomic E-state index is 12.0. The molecule has 0 atom stereocenters. The van der Waals surface area contributed by atoms with Crippen molar-refractivity contribution in [1.82, 2.24) is 10.2 Å². The van der Waals surface area contributed by atoms with Gasteiger partial charge in [-0.25, -0.2) is 0 Å². The molecule has 5 heteroatoms. The predicted octanol–water partition coefficient (Wildman–Crippen LogP) is 6.74. The number of hydrogen-bond donors (Lipinski definition) is 2. The maximum atomic E-state index is 12.0. The van der Waals surface area contributed by atoms with E-state index in [2.05, 4.69) is 53.3 Å². The van der Waals surface area contributed by atoms with Gasteiger partial charge < -0.3 is 4.90 Å². The van der Waals surface area contributed by atoms with Gasteiger partial charge in [-0.15, -0.1) is 0 Å². The topological polar surface area (TPSA) is 69.0 Å². The van der Waals surface area contributed by atoms with Gasteiger partial charge in [0.2, 0.25) is 0 Å². The second kappa shape index (κ2) is 13.6. The first-order valence-corrected chi connectivity index (χ1v) is 12.8. The van der Waals surface area contributed by atoms with E-state index < -0.39 is 0 Å². The van der Waals surface area contributed by atoms with Crippen LogP contribution in [0, 0.1) is 0 Å². The summed E-state index contributed by atoms with van der Waals surface area (Å²) in [6.07, 6.45) is 17.6. The summed E-state index contributed by atoms with van der Waals surface area (Å²) < 4.78 is 0. The zero-order valence-corrected chi connectivity index (χ0v) is 20.7. The lowest BCUT2D eigenvalue weighted by Crippen LogP contribution is -2.18. The van der Waals surface area contributed by atoms with E-state index in [0.29, 0.717) is 10.8 Å². The molecule has 1 aromatic heterocycles. The van der Waals surface area contributed by atoms with Gasteiger partial charge in [-0.2, -0.15) is 0 Å². The quantitative estimate of drug-likeness (QED) is 0.206. The zero-order chi connectivity index (χ0) is 24.2. The Labute approximate surface area is 202 Å². The van der Waals surface area contributed by atoms with Gasteiger partial charge in [-0.3, -0.25) is 19.8 Å². The Kier molecular flexibility index (Phi) is 10.2. The number of unbranched alkanes of at least 4 members (excludes halogenated alkanes) is 9. The molecule has 0 aliphatic rings. The van der Waals surface area contributed by atoms with Crippen molar-refractivity contribution in [3.8, 4) is 0 Å². The lowest BCUT2D eigenvalue weighted by Gasteiger charge is -2.19. The van der Waals surface area contributed by atoms with Crippen LogP contribution in [0.25, 0.3) is 22.9 Å². The van der Waals surface area contributed by atoms with E-state index >= 15 is 0 Å². The van der Waals surface area contributed by atoms with E-state index in [1.807, 2.05) is 18.2 Å². The standard InChI is InChI=1S/C29H39N3O2/c1-3-4-5-6-7-8-9-10-11-12-21-32(2)25-18-15-23(16-19-25)13-14-24-17-20-26-27(22-24)29(34)31-30-28(26)33/h13-20,22H,3-12,21H2,1-2H3,(H,30,33)(H,31,34)/b14-13+. The molecule has 182 valence electrons. The summed E-state index contributed by atoms with van der Waals surface area (Å²) in [5.41, 5.74) is 2.62. The molecule has 0 fully saturated rings. The Balaban J connectivity index is 1.42. The van der Waals surface area contributed by atoms with Crippen LogP contribution in [0.1, 0.15) is 82.3 Å². The molecule has 0 amide bonds. The van der Waals surface area contributed by atoms with Crippen LogP contribution < -0.4 is 16.0 Å². The van der Waals surface area contributed by atoms with E-state index in [4.69, 9.17) is 0 Å². The number of nitrogens with zero attached hydrogens (tertiary/aromatic N) is 1. The highest BCUT2D eigenvalue weighted by Crippen LogP contribution is 2.18. The molecule has 5 nitrogen and oxygen atoms in total. The fraction of sp³-hybridized carbons (Fsp3) is 0.448. The highest BCUT2D eigenvalue weighted by atomic mass is 16.1. The largest absolute Gasteiger partial charge is 0.375 e. The monoisotopic (exact) mass is 461 g/mol. The summed E-state index contributed by atoms with van der Waals surface area (Å²) in [5.74, 6) is 0. The molecule has 2 aromatic carbocycles. The summed E-state index contributed by atoms with van der Waals surface area (Å²) in [4.78, 5) is 26.1. The minimum atomic E-state index is -0.292. The van der Waals surface area contributed by atoms with Crippen LogP contribution in [0.15, 0.2) is 52.1 Å². The third-order valence-corrected chi connectivity index (χ3v) is 6.47. The number of aromatic amines is 2. The lowest BCUT2D eigenvalue weighted by molar-refractivity contribution is 0.556. The second-order valence-corrected chi connectivity index (χ2v) is 9.24. The minimum absolute atomic E-state index is 0.289. The molecule has 34 heavy (non-hydrogen) atoms. The van der Waals surface area contributed by atoms with Crippen molar-refractivity contribution in [3.63, 3.8) is 0 Å². The zero-order valence-electron chi connectivity index (χ0n) is 20.7. The molecule has 0 aliphatic carbocycles. The summed E-state index contributed by atoms with van der Waals surface area (Å²) in [7, 11) is 2.16. The van der Waals surface area contributed by atoms with Crippen molar-refractivity contribution in [2.24, 2.45) is 0 Å². The number of H-pyrrole nitrogens is 2. The van der Waals surface area contributed by atoms with Crippen LogP contribution in [0.3, 0.4) is 0 Å². The van der Waals surface area contributed by atoms with Crippen molar-refractivity contribution in [2.75, 3.05) is 18.5 Å². The Hall–Kier alpha value is -3.08. The Morgan fingerprint density at radius 2 is 1.21 bits per heavy atom. The van der Waals surface area contributed by atoms with Gasteiger partial charge >= 0.3 is 0 Å². The SMILES string of the molecule is CCCCCCCCCCCCN(C)c1ccc(/C=C/c2ccc3c(=O)[nH][nH]c(=O)c3c2)cc1. The number of hydrogen-bond acceptors (Lipinski definition) is 3. The van der Waals surface area contributed by atoms with Crippen molar-refractivity contribution in [2.45, 2.75) is 71.1 Å². The first-order chi connectivity index (χ1) is 16.6. The van der Waals surface area contributed by atoms with Crippen LogP contribution in [0.5, 0.6) is 0 Å². The summed E-state index contributed by atoms with van der Waals surface area (Å²) in [6, 6.07) is 13.8. The average Bonchev–Trinajstić information content (AvgIpc) is 2.86. The third-order valence-electron chi connectivity index (χ3n) is 6.47.